The van der Waals surface area contributed by atoms with E-state index < -0.39 is 19.5 Å². The molecule has 9 nitrogen and oxygen atoms in total. The Labute approximate surface area is 221 Å². The Hall–Kier alpha value is -1.03. The molecule has 0 saturated carbocycles. The molecule has 1 amide bonds. The van der Waals surface area contributed by atoms with Crippen LogP contribution in [0.3, 0.4) is 0 Å². The molecule has 0 spiro atoms. The number of aromatic nitrogens is 1. The lowest BCUT2D eigenvalue weighted by Gasteiger charge is -2.30. The first kappa shape index (κ1) is 33.0. The Morgan fingerprint density at radius 3 is 2.08 bits per heavy atom. The minimum Gasteiger partial charge on any atom is -0.450 e. The number of methoxy groups -OCH3 is 1. The van der Waals surface area contributed by atoms with E-state index >= 15 is 0 Å². The molecule has 0 fully saturated rings. The Kier molecular flexibility index (Phi) is 18.3. The molecular weight excluding hydrogens is 503 g/mol. The predicted molar refractivity (Wildman–Crippen MR) is 143 cm³/mol. The summed E-state index contributed by atoms with van der Waals surface area (Å²) in [7, 11) is -3.23. The van der Waals surface area contributed by atoms with Crippen LogP contribution in [0.2, 0.25) is 0 Å². The third kappa shape index (κ3) is 15.9. The van der Waals surface area contributed by atoms with Gasteiger partial charge in [-0.3, -0.25) is 4.52 Å². The molecule has 11 heteroatoms. The van der Waals surface area contributed by atoms with Gasteiger partial charge in [0.15, 0.2) is 0 Å². The first-order valence-electron chi connectivity index (χ1n) is 13.4. The maximum Gasteiger partial charge on any atom is 0.469 e. The highest BCUT2D eigenvalue weighted by Gasteiger charge is 2.37. The number of hydrogen-bond donors (Lipinski definition) is 3. The number of carbonyl (C=O) groups excluding carboxylic acids is 1. The number of carbonyl (C=O) groups is 1. The maximum atomic E-state index is 11.9. The van der Waals surface area contributed by atoms with Crippen molar-refractivity contribution >= 4 is 25.3 Å². The Balaban J connectivity index is 2.09. The van der Waals surface area contributed by atoms with Crippen molar-refractivity contribution in [3.8, 4) is 0 Å². The van der Waals surface area contributed by atoms with Crippen LogP contribution in [0.1, 0.15) is 108 Å². The Morgan fingerprint density at radius 2 is 1.58 bits per heavy atom. The summed E-state index contributed by atoms with van der Waals surface area (Å²) in [5.41, 5.74) is -1.12. The lowest BCUT2D eigenvalue weighted by Crippen LogP contribution is -2.34. The average molecular weight is 551 g/mol. The number of phosphoric ester groups is 1. The van der Waals surface area contributed by atoms with Crippen molar-refractivity contribution in [3.05, 3.63) is 16.6 Å². The van der Waals surface area contributed by atoms with Crippen molar-refractivity contribution in [1.29, 1.82) is 0 Å². The van der Waals surface area contributed by atoms with Gasteiger partial charge in [0.1, 0.15) is 10.6 Å². The second-order valence-electron chi connectivity index (χ2n) is 9.21. The van der Waals surface area contributed by atoms with E-state index in [-0.39, 0.29) is 13.2 Å². The standard InChI is InChI=1S/C25H47N2O7PS/c1-3-4-5-6-7-8-9-10-11-12-13-14-15-18-27-24(28)33-20-16-17-25(32-2,22-34-35(29,30)31)23-26-19-21-36-23/h19,21H,3-18,20,22H2,1-2H3,(H,27,28)(H2,29,30,31). The molecule has 0 aromatic carbocycles. The van der Waals surface area contributed by atoms with Crippen LogP contribution < -0.4 is 5.32 Å². The molecule has 3 N–H and O–H groups in total. The van der Waals surface area contributed by atoms with Gasteiger partial charge in [-0.15, -0.1) is 11.3 Å². The number of unbranched alkanes of at least 4 members (excludes halogenated alkanes) is 12. The number of nitrogens with one attached hydrogen (secondary N) is 1. The first-order chi connectivity index (χ1) is 17.3. The normalized spacial score (nSPS) is 13.4. The van der Waals surface area contributed by atoms with Crippen molar-refractivity contribution in [2.75, 3.05) is 26.9 Å². The number of hydrogen-bond acceptors (Lipinski definition) is 7. The van der Waals surface area contributed by atoms with Gasteiger partial charge in [-0.1, -0.05) is 84.0 Å². The van der Waals surface area contributed by atoms with Crippen LogP contribution in [0.5, 0.6) is 0 Å². The van der Waals surface area contributed by atoms with E-state index in [4.69, 9.17) is 23.8 Å². The topological polar surface area (TPSA) is 127 Å². The highest BCUT2D eigenvalue weighted by atomic mass is 32.1. The molecule has 210 valence electrons. The average Bonchev–Trinajstić information content (AvgIpc) is 3.39. The van der Waals surface area contributed by atoms with E-state index in [1.807, 2.05) is 0 Å². The molecule has 0 saturated heterocycles. The summed E-state index contributed by atoms with van der Waals surface area (Å²) < 4.78 is 26.7. The predicted octanol–water partition coefficient (Wildman–Crippen LogP) is 6.69. The molecule has 1 atom stereocenters. The zero-order valence-electron chi connectivity index (χ0n) is 22.1. The lowest BCUT2D eigenvalue weighted by atomic mass is 9.99. The number of phosphoric acid groups is 1. The van der Waals surface area contributed by atoms with E-state index in [1.54, 1.807) is 11.6 Å². The summed E-state index contributed by atoms with van der Waals surface area (Å²) in [5.74, 6) is 0. The summed E-state index contributed by atoms with van der Waals surface area (Å²) in [6, 6.07) is 0. The van der Waals surface area contributed by atoms with Gasteiger partial charge in [-0.05, 0) is 19.3 Å². The summed E-state index contributed by atoms with van der Waals surface area (Å²) in [5, 5.41) is 5.07. The number of ether oxygens (including phenoxy) is 2. The maximum absolute atomic E-state index is 11.9. The number of amides is 1. The van der Waals surface area contributed by atoms with E-state index in [0.29, 0.717) is 24.4 Å². The van der Waals surface area contributed by atoms with Crippen LogP contribution in [0.15, 0.2) is 11.6 Å². The van der Waals surface area contributed by atoms with Gasteiger partial charge >= 0.3 is 13.9 Å². The smallest absolute Gasteiger partial charge is 0.450 e. The Bertz CT molecular complexity index is 717. The number of nitrogens with zero attached hydrogens (tertiary/aromatic N) is 1. The molecule has 0 bridgehead atoms. The fourth-order valence-electron chi connectivity index (χ4n) is 4.03. The van der Waals surface area contributed by atoms with Crippen molar-refractivity contribution in [1.82, 2.24) is 10.3 Å². The molecule has 0 aliphatic rings. The van der Waals surface area contributed by atoms with Crippen LogP contribution in [0.25, 0.3) is 0 Å². The largest absolute Gasteiger partial charge is 0.469 e. The van der Waals surface area contributed by atoms with E-state index in [1.165, 1.54) is 89.1 Å². The van der Waals surface area contributed by atoms with Crippen LogP contribution >= 0.6 is 19.2 Å². The van der Waals surface area contributed by atoms with Crippen LogP contribution in [0, 0.1) is 0 Å². The van der Waals surface area contributed by atoms with Gasteiger partial charge in [0.2, 0.25) is 0 Å². The van der Waals surface area contributed by atoms with E-state index in [9.17, 15) is 9.36 Å². The quantitative estimate of drug-likeness (QED) is 0.102. The summed E-state index contributed by atoms with van der Waals surface area (Å²) in [6.07, 6.45) is 18.5. The van der Waals surface area contributed by atoms with Crippen molar-refractivity contribution in [3.63, 3.8) is 0 Å². The van der Waals surface area contributed by atoms with Gasteiger partial charge < -0.3 is 24.6 Å². The summed E-state index contributed by atoms with van der Waals surface area (Å²) in [4.78, 5) is 34.3. The molecule has 1 heterocycles. The molecule has 1 aromatic rings. The third-order valence-corrected chi connectivity index (χ3v) is 7.61. The fraction of sp³-hybridized carbons (Fsp3) is 0.840. The molecule has 0 aliphatic carbocycles. The molecule has 1 aromatic heterocycles. The SMILES string of the molecule is CCCCCCCCCCCCCCCNC(=O)OCCCC(COP(=O)(O)O)(OC)c1nccs1. The highest BCUT2D eigenvalue weighted by molar-refractivity contribution is 7.46. The van der Waals surface area contributed by atoms with Crippen molar-refractivity contribution in [2.24, 2.45) is 0 Å². The molecule has 1 unspecified atom stereocenters. The second-order valence-corrected chi connectivity index (χ2v) is 11.3. The number of thiazole rings is 1. The minimum atomic E-state index is -4.67. The van der Waals surface area contributed by atoms with Crippen molar-refractivity contribution < 1.29 is 33.1 Å². The van der Waals surface area contributed by atoms with Gasteiger partial charge in [-0.2, -0.15) is 0 Å². The summed E-state index contributed by atoms with van der Waals surface area (Å²) in [6.45, 7) is 2.64. The van der Waals surface area contributed by atoms with Crippen LogP contribution in [-0.2, 0) is 24.2 Å². The molecule has 0 aliphatic heterocycles. The highest BCUT2D eigenvalue weighted by Crippen LogP contribution is 2.41. The van der Waals surface area contributed by atoms with Crippen LogP contribution in [-0.4, -0.2) is 47.7 Å². The van der Waals surface area contributed by atoms with Gasteiger partial charge in [0, 0.05) is 25.2 Å². The number of alkyl carbamates (subject to hydrolysis) is 1. The van der Waals surface area contributed by atoms with Crippen LogP contribution in [0.4, 0.5) is 4.79 Å². The number of rotatable bonds is 23. The first-order valence-corrected chi connectivity index (χ1v) is 15.8. The fourth-order valence-corrected chi connectivity index (χ4v) is 5.24. The van der Waals surface area contributed by atoms with Crippen molar-refractivity contribution in [2.45, 2.75) is 109 Å². The molecule has 36 heavy (non-hydrogen) atoms. The van der Waals surface area contributed by atoms with Gasteiger partial charge in [-0.25, -0.2) is 14.3 Å². The van der Waals surface area contributed by atoms with E-state index in [2.05, 4.69) is 17.2 Å². The second kappa shape index (κ2) is 20.0. The zero-order valence-corrected chi connectivity index (χ0v) is 23.8. The summed E-state index contributed by atoms with van der Waals surface area (Å²) >= 11 is 1.31. The minimum absolute atomic E-state index is 0.150. The lowest BCUT2D eigenvalue weighted by molar-refractivity contribution is -0.0649. The van der Waals surface area contributed by atoms with Gasteiger partial charge in [0.05, 0.1) is 13.2 Å². The Morgan fingerprint density at radius 1 is 1.00 bits per heavy atom. The zero-order chi connectivity index (χ0) is 26.5. The van der Waals surface area contributed by atoms with Gasteiger partial charge in [0.25, 0.3) is 0 Å². The monoisotopic (exact) mass is 550 g/mol. The van der Waals surface area contributed by atoms with E-state index in [0.717, 1.165) is 12.8 Å². The molecule has 1 rings (SSSR count). The molecular formula is C25H47N2O7PS. The third-order valence-electron chi connectivity index (χ3n) is 6.19. The molecule has 0 radical (unpaired) electrons.